The topological polar surface area (TPSA) is 73.0 Å². The van der Waals surface area contributed by atoms with Crippen LogP contribution in [0.5, 0.6) is 0 Å². The third kappa shape index (κ3) is 4.10. The Morgan fingerprint density at radius 3 is 2.79 bits per heavy atom. The molecule has 4 rings (SSSR count). The highest BCUT2D eigenvalue weighted by molar-refractivity contribution is 6.30. The van der Waals surface area contributed by atoms with Crippen LogP contribution in [-0.2, 0) is 6.54 Å². The van der Waals surface area contributed by atoms with Crippen molar-refractivity contribution in [3.05, 3.63) is 89.1 Å². The van der Waals surface area contributed by atoms with Gasteiger partial charge in [0.25, 0.3) is 5.91 Å². The van der Waals surface area contributed by atoms with Crippen LogP contribution < -0.4 is 5.32 Å². The minimum atomic E-state index is -0.418. The second kappa shape index (κ2) is 7.66. The van der Waals surface area contributed by atoms with E-state index >= 15 is 0 Å². The summed E-state index contributed by atoms with van der Waals surface area (Å²) in [6.07, 6.45) is 3.21. The van der Waals surface area contributed by atoms with Crippen molar-refractivity contribution in [3.8, 4) is 11.3 Å². The van der Waals surface area contributed by atoms with Gasteiger partial charge in [0.1, 0.15) is 5.82 Å². The fourth-order valence-electron chi connectivity index (χ4n) is 2.65. The number of carbonyl (C=O) groups is 1. The molecule has 8 heteroatoms. The molecule has 2 heterocycles. The molecule has 0 fully saturated rings. The molecule has 4 aromatic rings. The predicted octanol–water partition coefficient (Wildman–Crippen LogP) is 4.63. The summed E-state index contributed by atoms with van der Waals surface area (Å²) in [5.74, 6) is -0.264. The lowest BCUT2D eigenvalue weighted by Crippen LogP contribution is -2.11. The van der Waals surface area contributed by atoms with E-state index in [-0.39, 0.29) is 11.5 Å². The quantitative estimate of drug-likeness (QED) is 0.533. The molecule has 0 unspecified atom stereocenters. The van der Waals surface area contributed by atoms with Gasteiger partial charge >= 0.3 is 0 Å². The van der Waals surface area contributed by atoms with Crippen molar-refractivity contribution in [1.29, 1.82) is 0 Å². The lowest BCUT2D eigenvalue weighted by Gasteiger charge is -2.01. The van der Waals surface area contributed by atoms with Crippen molar-refractivity contribution >= 4 is 23.2 Å². The van der Waals surface area contributed by atoms with E-state index in [2.05, 4.69) is 15.6 Å². The minimum Gasteiger partial charge on any atom is -0.355 e. The normalized spacial score (nSPS) is 10.8. The summed E-state index contributed by atoms with van der Waals surface area (Å²) in [6.45, 7) is 0.457. The SMILES string of the molecule is O=C(Nc1cnn(Cc2ccc(F)cc2)c1)c1cc(-c2cccc(Cl)c2)on1. The summed E-state index contributed by atoms with van der Waals surface area (Å²) >= 11 is 5.97. The third-order valence-electron chi connectivity index (χ3n) is 4.00. The lowest BCUT2D eigenvalue weighted by molar-refractivity contribution is 0.101. The van der Waals surface area contributed by atoms with E-state index in [1.165, 1.54) is 18.3 Å². The molecule has 0 aliphatic heterocycles. The summed E-state index contributed by atoms with van der Waals surface area (Å²) in [5, 5.41) is 11.3. The second-order valence-electron chi connectivity index (χ2n) is 6.09. The number of anilines is 1. The first kappa shape index (κ1) is 17.9. The zero-order valence-corrected chi connectivity index (χ0v) is 15.2. The Morgan fingerprint density at radius 2 is 2.00 bits per heavy atom. The molecule has 1 amide bonds. The van der Waals surface area contributed by atoms with Crippen LogP contribution in [0.25, 0.3) is 11.3 Å². The maximum absolute atomic E-state index is 13.0. The summed E-state index contributed by atoms with van der Waals surface area (Å²) in [6, 6.07) is 14.8. The van der Waals surface area contributed by atoms with E-state index in [1.807, 2.05) is 6.07 Å². The minimum absolute atomic E-state index is 0.140. The van der Waals surface area contributed by atoms with Crippen LogP contribution in [0, 0.1) is 5.82 Å². The number of carbonyl (C=O) groups excluding carboxylic acids is 1. The predicted molar refractivity (Wildman–Crippen MR) is 103 cm³/mol. The molecule has 1 N–H and O–H groups in total. The Hall–Kier alpha value is -3.45. The largest absolute Gasteiger partial charge is 0.355 e. The van der Waals surface area contributed by atoms with E-state index in [4.69, 9.17) is 16.1 Å². The Morgan fingerprint density at radius 1 is 1.18 bits per heavy atom. The van der Waals surface area contributed by atoms with Crippen molar-refractivity contribution in [3.63, 3.8) is 0 Å². The van der Waals surface area contributed by atoms with Crippen molar-refractivity contribution in [2.45, 2.75) is 6.54 Å². The Balaban J connectivity index is 1.43. The van der Waals surface area contributed by atoms with E-state index in [9.17, 15) is 9.18 Å². The molecule has 0 spiro atoms. The van der Waals surface area contributed by atoms with Crippen LogP contribution >= 0.6 is 11.6 Å². The number of amides is 1. The van der Waals surface area contributed by atoms with Gasteiger partial charge in [0, 0.05) is 22.8 Å². The first-order valence-corrected chi connectivity index (χ1v) is 8.75. The average molecular weight is 397 g/mol. The lowest BCUT2D eigenvalue weighted by atomic mass is 10.1. The van der Waals surface area contributed by atoms with Gasteiger partial charge in [0.05, 0.1) is 18.4 Å². The number of benzene rings is 2. The monoisotopic (exact) mass is 396 g/mol. The zero-order chi connectivity index (χ0) is 19.5. The highest BCUT2D eigenvalue weighted by Gasteiger charge is 2.15. The van der Waals surface area contributed by atoms with Gasteiger partial charge in [-0.2, -0.15) is 5.10 Å². The molecule has 28 heavy (non-hydrogen) atoms. The van der Waals surface area contributed by atoms with E-state index in [0.29, 0.717) is 23.0 Å². The van der Waals surface area contributed by atoms with Crippen molar-refractivity contribution in [2.75, 3.05) is 5.32 Å². The Kier molecular flexibility index (Phi) is 4.90. The number of rotatable bonds is 5. The maximum atomic E-state index is 13.0. The number of hydrogen-bond acceptors (Lipinski definition) is 4. The van der Waals surface area contributed by atoms with Gasteiger partial charge in [0.2, 0.25) is 0 Å². The average Bonchev–Trinajstić information content (AvgIpc) is 3.33. The van der Waals surface area contributed by atoms with Gasteiger partial charge < -0.3 is 9.84 Å². The van der Waals surface area contributed by atoms with E-state index in [0.717, 1.165) is 11.1 Å². The Labute approximate surface area is 164 Å². The summed E-state index contributed by atoms with van der Waals surface area (Å²) in [5.41, 5.74) is 2.27. The highest BCUT2D eigenvalue weighted by Crippen LogP contribution is 2.23. The number of nitrogens with one attached hydrogen (secondary N) is 1. The van der Waals surface area contributed by atoms with Gasteiger partial charge in [-0.3, -0.25) is 9.48 Å². The molecule has 2 aromatic heterocycles. The van der Waals surface area contributed by atoms with Gasteiger partial charge in [-0.25, -0.2) is 4.39 Å². The fraction of sp³-hybridized carbons (Fsp3) is 0.0500. The molecule has 0 saturated heterocycles. The molecule has 0 saturated carbocycles. The molecule has 0 aliphatic carbocycles. The van der Waals surface area contributed by atoms with Gasteiger partial charge in [-0.05, 0) is 29.8 Å². The van der Waals surface area contributed by atoms with Crippen LogP contribution in [0.3, 0.4) is 0 Å². The molecular weight excluding hydrogens is 383 g/mol. The third-order valence-corrected chi connectivity index (χ3v) is 4.24. The molecule has 6 nitrogen and oxygen atoms in total. The van der Waals surface area contributed by atoms with E-state index < -0.39 is 5.91 Å². The van der Waals surface area contributed by atoms with Crippen LogP contribution in [0.15, 0.2) is 71.5 Å². The highest BCUT2D eigenvalue weighted by atomic mass is 35.5. The molecule has 2 aromatic carbocycles. The number of hydrogen-bond donors (Lipinski definition) is 1. The second-order valence-corrected chi connectivity index (χ2v) is 6.53. The van der Waals surface area contributed by atoms with Crippen molar-refractivity contribution < 1.29 is 13.7 Å². The van der Waals surface area contributed by atoms with Gasteiger partial charge in [-0.15, -0.1) is 0 Å². The van der Waals surface area contributed by atoms with Crippen LogP contribution in [0.1, 0.15) is 16.1 Å². The summed E-state index contributed by atoms with van der Waals surface area (Å²) in [7, 11) is 0. The van der Waals surface area contributed by atoms with Crippen LogP contribution in [-0.4, -0.2) is 20.8 Å². The molecule has 0 aliphatic rings. The maximum Gasteiger partial charge on any atom is 0.277 e. The standard InChI is InChI=1S/C20H14ClFN4O2/c21-15-3-1-2-14(8-15)19-9-18(25-28-19)20(27)24-17-10-23-26(12-17)11-13-4-6-16(22)7-5-13/h1-10,12H,11H2,(H,24,27). The van der Waals surface area contributed by atoms with Crippen molar-refractivity contribution in [1.82, 2.24) is 14.9 Å². The van der Waals surface area contributed by atoms with Gasteiger partial charge in [0.15, 0.2) is 11.5 Å². The van der Waals surface area contributed by atoms with Crippen molar-refractivity contribution in [2.24, 2.45) is 0 Å². The van der Waals surface area contributed by atoms with E-state index in [1.54, 1.807) is 47.3 Å². The summed E-state index contributed by atoms with van der Waals surface area (Å²) < 4.78 is 19.9. The Bertz CT molecular complexity index is 1120. The smallest absolute Gasteiger partial charge is 0.277 e. The van der Waals surface area contributed by atoms with Crippen LogP contribution in [0.4, 0.5) is 10.1 Å². The first-order valence-electron chi connectivity index (χ1n) is 8.38. The molecular formula is C20H14ClFN4O2. The fourth-order valence-corrected chi connectivity index (χ4v) is 2.84. The zero-order valence-electron chi connectivity index (χ0n) is 14.5. The molecule has 0 bridgehead atoms. The number of nitrogens with zero attached hydrogens (tertiary/aromatic N) is 3. The van der Waals surface area contributed by atoms with Crippen LogP contribution in [0.2, 0.25) is 5.02 Å². The van der Waals surface area contributed by atoms with Gasteiger partial charge in [-0.1, -0.05) is 41.0 Å². The number of halogens is 2. The summed E-state index contributed by atoms with van der Waals surface area (Å²) in [4.78, 5) is 12.4. The molecule has 0 atom stereocenters. The molecule has 140 valence electrons. The molecule has 0 radical (unpaired) electrons. The first-order chi connectivity index (χ1) is 13.6. The number of aromatic nitrogens is 3.